The molecule has 82 valence electrons. The maximum Gasteiger partial charge on any atom is 0.0900 e. The Kier molecular flexibility index (Phi) is 3.59. The van der Waals surface area contributed by atoms with Gasteiger partial charge in [-0.3, -0.25) is 0 Å². The van der Waals surface area contributed by atoms with Crippen LogP contribution in [0.15, 0.2) is 11.1 Å². The molecule has 1 unspecified atom stereocenters. The molecule has 0 saturated carbocycles. The van der Waals surface area contributed by atoms with E-state index in [1.807, 2.05) is 11.3 Å². The van der Waals surface area contributed by atoms with E-state index >= 15 is 0 Å². The molecular formula is C11H15BrN2S. The number of hydrogen-bond donors (Lipinski definition) is 1. The molecule has 0 aliphatic heterocycles. The summed E-state index contributed by atoms with van der Waals surface area (Å²) in [6, 6.07) is 0.481. The molecule has 2 nitrogen and oxygen atoms in total. The molecule has 1 N–H and O–H groups in total. The van der Waals surface area contributed by atoms with Gasteiger partial charge in [0.25, 0.3) is 0 Å². The Bertz CT molecular complexity index is 373. The van der Waals surface area contributed by atoms with Crippen LogP contribution in [0.25, 0.3) is 0 Å². The molecule has 0 radical (unpaired) electrons. The van der Waals surface area contributed by atoms with E-state index in [1.54, 1.807) is 0 Å². The second kappa shape index (κ2) is 4.76. The summed E-state index contributed by atoms with van der Waals surface area (Å²) in [5.41, 5.74) is 1.31. The number of thiazole rings is 1. The summed E-state index contributed by atoms with van der Waals surface area (Å²) < 4.78 is 1.01. The highest BCUT2D eigenvalue weighted by Gasteiger charge is 2.23. The third-order valence-electron chi connectivity index (χ3n) is 2.60. The smallest absolute Gasteiger partial charge is 0.0900 e. The highest BCUT2D eigenvalue weighted by atomic mass is 79.9. The maximum absolute atomic E-state index is 4.57. The molecule has 1 aliphatic carbocycles. The van der Waals surface area contributed by atoms with E-state index in [0.717, 1.165) is 17.4 Å². The topological polar surface area (TPSA) is 24.9 Å². The predicted molar refractivity (Wildman–Crippen MR) is 68.6 cm³/mol. The molecule has 15 heavy (non-hydrogen) atoms. The van der Waals surface area contributed by atoms with E-state index in [9.17, 15) is 0 Å². The lowest BCUT2D eigenvalue weighted by Crippen LogP contribution is -2.25. The number of hydrogen-bond acceptors (Lipinski definition) is 3. The van der Waals surface area contributed by atoms with Crippen molar-refractivity contribution in [3.8, 4) is 0 Å². The molecule has 0 fully saturated rings. The summed E-state index contributed by atoms with van der Waals surface area (Å²) in [7, 11) is 0. The number of nitrogens with zero attached hydrogens (tertiary/aromatic N) is 1. The zero-order valence-corrected chi connectivity index (χ0v) is 11.2. The van der Waals surface area contributed by atoms with Gasteiger partial charge in [-0.25, -0.2) is 4.98 Å². The van der Waals surface area contributed by atoms with Crippen molar-refractivity contribution in [2.45, 2.75) is 32.2 Å². The largest absolute Gasteiger partial charge is 0.305 e. The van der Waals surface area contributed by atoms with Gasteiger partial charge in [-0.1, -0.05) is 22.5 Å². The van der Waals surface area contributed by atoms with Crippen LogP contribution in [-0.2, 0) is 6.42 Å². The Morgan fingerprint density at radius 2 is 2.53 bits per heavy atom. The summed E-state index contributed by atoms with van der Waals surface area (Å²) in [5.74, 6) is 0. The molecule has 1 aromatic rings. The van der Waals surface area contributed by atoms with Crippen LogP contribution in [0.2, 0.25) is 0 Å². The average Bonchev–Trinajstić information content (AvgIpc) is 2.55. The lowest BCUT2D eigenvalue weighted by Gasteiger charge is -2.22. The molecule has 1 aromatic heterocycles. The molecular weight excluding hydrogens is 272 g/mol. The fourth-order valence-corrected chi connectivity index (χ4v) is 3.22. The molecule has 0 aromatic carbocycles. The normalized spacial score (nSPS) is 20.0. The molecule has 1 atom stereocenters. The van der Waals surface area contributed by atoms with Crippen molar-refractivity contribution in [1.29, 1.82) is 0 Å². The third-order valence-corrected chi connectivity index (χ3v) is 4.00. The standard InChI is InChI=1S/C11H15BrN2S/c1-7(12)6-13-9-4-3-5-10-11(9)15-8(2)14-10/h9,13H,1,3-6H2,2H3. The van der Waals surface area contributed by atoms with Gasteiger partial charge in [0.1, 0.15) is 0 Å². The molecule has 0 spiro atoms. The monoisotopic (exact) mass is 286 g/mol. The quantitative estimate of drug-likeness (QED) is 0.922. The first-order valence-electron chi connectivity index (χ1n) is 5.19. The average molecular weight is 287 g/mol. The van der Waals surface area contributed by atoms with Gasteiger partial charge >= 0.3 is 0 Å². The summed E-state index contributed by atoms with van der Waals surface area (Å²) in [4.78, 5) is 6.01. The fourth-order valence-electron chi connectivity index (χ4n) is 1.97. The Labute approximate surface area is 103 Å². The number of halogens is 1. The van der Waals surface area contributed by atoms with Crippen molar-refractivity contribution in [1.82, 2.24) is 10.3 Å². The van der Waals surface area contributed by atoms with Gasteiger partial charge in [-0.05, 0) is 26.2 Å². The Morgan fingerprint density at radius 3 is 3.27 bits per heavy atom. The van der Waals surface area contributed by atoms with Crippen molar-refractivity contribution in [3.63, 3.8) is 0 Å². The minimum Gasteiger partial charge on any atom is -0.305 e. The summed E-state index contributed by atoms with van der Waals surface area (Å²) in [6.45, 7) is 6.76. The predicted octanol–water partition coefficient (Wildman–Crippen LogP) is 3.33. The second-order valence-electron chi connectivity index (χ2n) is 3.89. The number of fused-ring (bicyclic) bond motifs is 1. The highest BCUT2D eigenvalue weighted by Crippen LogP contribution is 2.33. The van der Waals surface area contributed by atoms with Crippen LogP contribution in [0.4, 0.5) is 0 Å². The van der Waals surface area contributed by atoms with Crippen molar-refractivity contribution in [2.75, 3.05) is 6.54 Å². The van der Waals surface area contributed by atoms with Gasteiger partial charge in [0.2, 0.25) is 0 Å². The first kappa shape index (κ1) is 11.3. The van der Waals surface area contributed by atoms with Crippen molar-refractivity contribution in [3.05, 3.63) is 26.6 Å². The van der Waals surface area contributed by atoms with Crippen molar-refractivity contribution < 1.29 is 0 Å². The van der Waals surface area contributed by atoms with Crippen LogP contribution in [0.1, 0.15) is 34.5 Å². The van der Waals surface area contributed by atoms with Crippen LogP contribution >= 0.6 is 27.3 Å². The summed E-state index contributed by atoms with van der Waals surface area (Å²) >= 11 is 5.21. The zero-order chi connectivity index (χ0) is 10.8. The van der Waals surface area contributed by atoms with E-state index in [2.05, 4.69) is 39.7 Å². The minimum absolute atomic E-state index is 0.481. The van der Waals surface area contributed by atoms with E-state index in [1.165, 1.54) is 28.4 Å². The van der Waals surface area contributed by atoms with Gasteiger partial charge in [0, 0.05) is 21.9 Å². The summed E-state index contributed by atoms with van der Waals surface area (Å²) in [6.07, 6.45) is 3.60. The number of aryl methyl sites for hydroxylation is 2. The van der Waals surface area contributed by atoms with Gasteiger partial charge in [-0.2, -0.15) is 0 Å². The van der Waals surface area contributed by atoms with Gasteiger partial charge in [0.05, 0.1) is 10.7 Å². The first-order chi connectivity index (χ1) is 7.16. The van der Waals surface area contributed by atoms with Crippen LogP contribution in [0, 0.1) is 6.92 Å². The summed E-state index contributed by atoms with van der Waals surface area (Å²) in [5, 5.41) is 4.70. The maximum atomic E-state index is 4.57. The molecule has 0 bridgehead atoms. The highest BCUT2D eigenvalue weighted by molar-refractivity contribution is 9.11. The van der Waals surface area contributed by atoms with E-state index in [-0.39, 0.29) is 0 Å². The zero-order valence-electron chi connectivity index (χ0n) is 8.85. The van der Waals surface area contributed by atoms with Crippen molar-refractivity contribution in [2.24, 2.45) is 0 Å². The number of rotatable bonds is 3. The van der Waals surface area contributed by atoms with Crippen LogP contribution in [-0.4, -0.2) is 11.5 Å². The lowest BCUT2D eigenvalue weighted by molar-refractivity contribution is 0.484. The Hall–Kier alpha value is -0.190. The van der Waals surface area contributed by atoms with Crippen LogP contribution in [0.5, 0.6) is 0 Å². The fraction of sp³-hybridized carbons (Fsp3) is 0.545. The molecule has 1 heterocycles. The van der Waals surface area contributed by atoms with Crippen LogP contribution < -0.4 is 5.32 Å². The Balaban J connectivity index is 2.11. The molecule has 0 saturated heterocycles. The number of aromatic nitrogens is 1. The van der Waals surface area contributed by atoms with Gasteiger partial charge in [-0.15, -0.1) is 11.3 Å². The van der Waals surface area contributed by atoms with Crippen molar-refractivity contribution >= 4 is 27.3 Å². The van der Waals surface area contributed by atoms with E-state index in [4.69, 9.17) is 0 Å². The second-order valence-corrected chi connectivity index (χ2v) is 6.24. The molecule has 2 rings (SSSR count). The van der Waals surface area contributed by atoms with E-state index in [0.29, 0.717) is 6.04 Å². The molecule has 1 aliphatic rings. The lowest BCUT2D eigenvalue weighted by atomic mass is 9.98. The number of nitrogens with one attached hydrogen (secondary N) is 1. The molecule has 0 amide bonds. The Morgan fingerprint density at radius 1 is 1.73 bits per heavy atom. The van der Waals surface area contributed by atoms with Crippen LogP contribution in [0.3, 0.4) is 0 Å². The first-order valence-corrected chi connectivity index (χ1v) is 6.80. The van der Waals surface area contributed by atoms with Gasteiger partial charge in [0.15, 0.2) is 0 Å². The minimum atomic E-state index is 0.481. The molecule has 4 heteroatoms. The third kappa shape index (κ3) is 2.68. The van der Waals surface area contributed by atoms with Gasteiger partial charge < -0.3 is 5.32 Å². The SMILES string of the molecule is C=C(Br)CNC1CCCc2nc(C)sc21. The van der Waals surface area contributed by atoms with E-state index < -0.39 is 0 Å².